The van der Waals surface area contributed by atoms with Crippen molar-refractivity contribution in [3.8, 4) is 0 Å². The Morgan fingerprint density at radius 1 is 1.18 bits per heavy atom. The fourth-order valence-corrected chi connectivity index (χ4v) is 1.37. The summed E-state index contributed by atoms with van der Waals surface area (Å²) in [5, 5.41) is 6.20. The molecule has 6 heteroatoms. The molecule has 0 aliphatic rings. The highest BCUT2D eigenvalue weighted by molar-refractivity contribution is 5.41. The molecule has 0 aliphatic heterocycles. The number of nitrogens with zero attached hydrogens (tertiary/aromatic N) is 3. The Kier molecular flexibility index (Phi) is 3.54. The van der Waals surface area contributed by atoms with Crippen LogP contribution in [0.1, 0.15) is 18.6 Å². The van der Waals surface area contributed by atoms with E-state index < -0.39 is 0 Å². The zero-order chi connectivity index (χ0) is 12.1. The van der Waals surface area contributed by atoms with E-state index in [1.165, 1.54) is 0 Å². The summed E-state index contributed by atoms with van der Waals surface area (Å²) in [7, 11) is 0. The van der Waals surface area contributed by atoms with Crippen molar-refractivity contribution in [1.29, 1.82) is 0 Å². The van der Waals surface area contributed by atoms with Crippen molar-refractivity contribution in [3.05, 3.63) is 30.2 Å². The molecule has 2 rings (SSSR count). The molecule has 0 radical (unpaired) electrons. The van der Waals surface area contributed by atoms with Crippen molar-refractivity contribution in [2.45, 2.75) is 20.4 Å². The highest BCUT2D eigenvalue weighted by Gasteiger charge is 2.02. The Bertz CT molecular complexity index is 482. The lowest BCUT2D eigenvalue weighted by Crippen LogP contribution is -2.05. The van der Waals surface area contributed by atoms with Gasteiger partial charge in [-0.25, -0.2) is 9.97 Å². The van der Waals surface area contributed by atoms with Crippen LogP contribution < -0.4 is 10.6 Å². The summed E-state index contributed by atoms with van der Waals surface area (Å²) < 4.78 is 5.35. The third-order valence-corrected chi connectivity index (χ3v) is 2.08. The van der Waals surface area contributed by atoms with E-state index in [2.05, 4.69) is 25.6 Å². The molecule has 0 atom stereocenters. The summed E-state index contributed by atoms with van der Waals surface area (Å²) >= 11 is 0. The van der Waals surface area contributed by atoms with Gasteiger partial charge in [-0.05, 0) is 13.8 Å². The highest BCUT2D eigenvalue weighted by Crippen LogP contribution is 2.08. The molecule has 90 valence electrons. The van der Waals surface area contributed by atoms with Gasteiger partial charge in [0.05, 0.1) is 25.1 Å². The maximum absolute atomic E-state index is 5.35. The maximum atomic E-state index is 5.35. The Balaban J connectivity index is 1.96. The van der Waals surface area contributed by atoms with E-state index in [0.29, 0.717) is 18.3 Å². The van der Waals surface area contributed by atoms with E-state index in [0.717, 1.165) is 18.1 Å². The predicted molar refractivity (Wildman–Crippen MR) is 64.8 cm³/mol. The lowest BCUT2D eigenvalue weighted by molar-refractivity contribution is 0.479. The van der Waals surface area contributed by atoms with Gasteiger partial charge < -0.3 is 15.1 Å². The first-order valence-electron chi connectivity index (χ1n) is 5.49. The molecule has 0 unspecified atom stereocenters. The minimum Gasteiger partial charge on any atom is -0.444 e. The summed E-state index contributed by atoms with van der Waals surface area (Å²) in [5.41, 5.74) is 0. The Labute approximate surface area is 99.5 Å². The molecule has 0 aliphatic carbocycles. The average Bonchev–Trinajstić information content (AvgIpc) is 2.74. The average molecular weight is 233 g/mol. The fraction of sp³-hybridized carbons (Fsp3) is 0.364. The standard InChI is InChI=1S/C11H15N5O/c1-3-13-9-5-12-6-10(16-9)14-7-11-15-4-8(2)17-11/h4-6H,3,7H2,1-2H3,(H2,13,14,16). The molecule has 2 aromatic heterocycles. The quantitative estimate of drug-likeness (QED) is 0.820. The van der Waals surface area contributed by atoms with E-state index in [-0.39, 0.29) is 0 Å². The third kappa shape index (κ3) is 3.17. The van der Waals surface area contributed by atoms with E-state index in [1.54, 1.807) is 18.6 Å². The van der Waals surface area contributed by atoms with Gasteiger partial charge in [0.15, 0.2) is 0 Å². The molecular formula is C11H15N5O. The second-order valence-corrected chi connectivity index (χ2v) is 3.54. The second kappa shape index (κ2) is 5.29. The molecule has 2 heterocycles. The van der Waals surface area contributed by atoms with Crippen LogP contribution in [0.25, 0.3) is 0 Å². The molecule has 6 nitrogen and oxygen atoms in total. The fourth-order valence-electron chi connectivity index (χ4n) is 1.37. The Morgan fingerprint density at radius 2 is 1.94 bits per heavy atom. The summed E-state index contributed by atoms with van der Waals surface area (Å²) in [6.07, 6.45) is 5.04. The molecule has 0 fully saturated rings. The maximum Gasteiger partial charge on any atom is 0.213 e. The molecule has 0 saturated carbocycles. The normalized spacial score (nSPS) is 10.2. The molecule has 0 bridgehead atoms. The topological polar surface area (TPSA) is 75.9 Å². The zero-order valence-electron chi connectivity index (χ0n) is 9.90. The number of hydrogen-bond donors (Lipinski definition) is 2. The molecular weight excluding hydrogens is 218 g/mol. The number of aryl methyl sites for hydroxylation is 1. The number of hydrogen-bond acceptors (Lipinski definition) is 6. The van der Waals surface area contributed by atoms with Crippen LogP contribution in [0.15, 0.2) is 23.0 Å². The minimum absolute atomic E-state index is 0.498. The molecule has 0 aromatic carbocycles. The van der Waals surface area contributed by atoms with Gasteiger partial charge in [-0.15, -0.1) is 0 Å². The number of anilines is 2. The van der Waals surface area contributed by atoms with Crippen LogP contribution in [0.5, 0.6) is 0 Å². The van der Waals surface area contributed by atoms with Crippen LogP contribution in [0.4, 0.5) is 11.6 Å². The summed E-state index contributed by atoms with van der Waals surface area (Å²) in [5.74, 6) is 2.88. The molecule has 0 spiro atoms. The van der Waals surface area contributed by atoms with Crippen molar-refractivity contribution < 1.29 is 4.42 Å². The van der Waals surface area contributed by atoms with Gasteiger partial charge in [-0.2, -0.15) is 0 Å². The lowest BCUT2D eigenvalue weighted by Gasteiger charge is -2.05. The zero-order valence-corrected chi connectivity index (χ0v) is 9.90. The first-order valence-corrected chi connectivity index (χ1v) is 5.49. The van der Waals surface area contributed by atoms with Crippen molar-refractivity contribution in [1.82, 2.24) is 15.0 Å². The van der Waals surface area contributed by atoms with Crippen molar-refractivity contribution in [3.63, 3.8) is 0 Å². The van der Waals surface area contributed by atoms with E-state index in [9.17, 15) is 0 Å². The van der Waals surface area contributed by atoms with Gasteiger partial charge in [-0.3, -0.25) is 4.98 Å². The summed E-state index contributed by atoms with van der Waals surface area (Å²) in [6.45, 7) is 5.19. The van der Waals surface area contributed by atoms with Crippen LogP contribution in [0.3, 0.4) is 0 Å². The van der Waals surface area contributed by atoms with Crippen LogP contribution in [0, 0.1) is 6.92 Å². The predicted octanol–water partition coefficient (Wildman–Crippen LogP) is 1.82. The number of nitrogens with one attached hydrogen (secondary N) is 2. The first-order chi connectivity index (χ1) is 8.28. The van der Waals surface area contributed by atoms with Crippen LogP contribution in [-0.4, -0.2) is 21.5 Å². The Morgan fingerprint density at radius 3 is 2.59 bits per heavy atom. The number of aromatic nitrogens is 3. The first kappa shape index (κ1) is 11.4. The van der Waals surface area contributed by atoms with Crippen molar-refractivity contribution in [2.75, 3.05) is 17.2 Å². The Hall–Kier alpha value is -2.11. The van der Waals surface area contributed by atoms with Crippen molar-refractivity contribution >= 4 is 11.6 Å². The van der Waals surface area contributed by atoms with Gasteiger partial charge in [-0.1, -0.05) is 0 Å². The van der Waals surface area contributed by atoms with Crippen molar-refractivity contribution in [2.24, 2.45) is 0 Å². The number of oxazole rings is 1. The van der Waals surface area contributed by atoms with Crippen LogP contribution >= 0.6 is 0 Å². The molecule has 0 amide bonds. The highest BCUT2D eigenvalue weighted by atomic mass is 16.4. The summed E-state index contributed by atoms with van der Waals surface area (Å²) in [6, 6.07) is 0. The lowest BCUT2D eigenvalue weighted by atomic mass is 10.5. The van der Waals surface area contributed by atoms with E-state index >= 15 is 0 Å². The third-order valence-electron chi connectivity index (χ3n) is 2.08. The summed E-state index contributed by atoms with van der Waals surface area (Å²) in [4.78, 5) is 12.5. The van der Waals surface area contributed by atoms with E-state index in [1.807, 2.05) is 13.8 Å². The SMILES string of the molecule is CCNc1cncc(NCc2ncc(C)o2)n1. The van der Waals surface area contributed by atoms with Gasteiger partial charge in [0.25, 0.3) is 0 Å². The number of rotatable bonds is 5. The molecule has 17 heavy (non-hydrogen) atoms. The van der Waals surface area contributed by atoms with Crippen LogP contribution in [-0.2, 0) is 6.54 Å². The van der Waals surface area contributed by atoms with Gasteiger partial charge in [0, 0.05) is 6.54 Å². The van der Waals surface area contributed by atoms with Crippen LogP contribution in [0.2, 0.25) is 0 Å². The second-order valence-electron chi connectivity index (χ2n) is 3.54. The molecule has 2 aromatic rings. The molecule has 2 N–H and O–H groups in total. The van der Waals surface area contributed by atoms with E-state index in [4.69, 9.17) is 4.42 Å². The molecule has 0 saturated heterocycles. The van der Waals surface area contributed by atoms with Gasteiger partial charge >= 0.3 is 0 Å². The minimum atomic E-state index is 0.498. The largest absolute Gasteiger partial charge is 0.444 e. The van der Waals surface area contributed by atoms with Gasteiger partial charge in [0.2, 0.25) is 5.89 Å². The monoisotopic (exact) mass is 233 g/mol. The van der Waals surface area contributed by atoms with Gasteiger partial charge in [0.1, 0.15) is 17.4 Å². The smallest absolute Gasteiger partial charge is 0.213 e.